The van der Waals surface area contributed by atoms with Gasteiger partial charge in [-0.2, -0.15) is 0 Å². The number of hydrogen-bond donors (Lipinski definition) is 1. The summed E-state index contributed by atoms with van der Waals surface area (Å²) in [6.45, 7) is 5.67. The lowest BCUT2D eigenvalue weighted by molar-refractivity contribution is -0.132. The van der Waals surface area contributed by atoms with E-state index in [-0.39, 0.29) is 0 Å². The first-order valence-electron chi connectivity index (χ1n) is 7.89. The first-order valence-corrected chi connectivity index (χ1v) is 7.89. The summed E-state index contributed by atoms with van der Waals surface area (Å²) in [4.78, 5) is 14.2. The van der Waals surface area contributed by atoms with Crippen LogP contribution >= 0.6 is 0 Å². The minimum atomic E-state index is 0.295. The molecule has 0 aromatic heterocycles. The Hall–Kier alpha value is -0.610. The van der Waals surface area contributed by atoms with Gasteiger partial charge in [0.25, 0.3) is 0 Å². The summed E-state index contributed by atoms with van der Waals surface area (Å²) in [5.41, 5.74) is 0. The van der Waals surface area contributed by atoms with E-state index in [1.165, 1.54) is 25.7 Å². The fourth-order valence-electron chi connectivity index (χ4n) is 3.32. The van der Waals surface area contributed by atoms with Crippen molar-refractivity contribution < 1.29 is 9.53 Å². The molecule has 4 heteroatoms. The normalized spacial score (nSPS) is 31.1. The molecule has 2 heterocycles. The smallest absolute Gasteiger partial charge is 0.224 e. The highest BCUT2D eigenvalue weighted by atomic mass is 16.5. The fourth-order valence-corrected chi connectivity index (χ4v) is 3.32. The van der Waals surface area contributed by atoms with Gasteiger partial charge in [0, 0.05) is 19.7 Å². The molecule has 19 heavy (non-hydrogen) atoms. The Morgan fingerprint density at radius 3 is 2.42 bits per heavy atom. The maximum atomic E-state index is 12.2. The van der Waals surface area contributed by atoms with Crippen LogP contribution < -0.4 is 5.32 Å². The summed E-state index contributed by atoms with van der Waals surface area (Å²) >= 11 is 0. The zero-order chi connectivity index (χ0) is 13.1. The van der Waals surface area contributed by atoms with Crippen LogP contribution in [0.4, 0.5) is 0 Å². The summed E-state index contributed by atoms with van der Waals surface area (Å²) < 4.78 is 5.57. The van der Waals surface area contributed by atoms with E-state index < -0.39 is 0 Å². The van der Waals surface area contributed by atoms with Crippen molar-refractivity contribution in [3.05, 3.63) is 0 Å². The minimum Gasteiger partial charge on any atom is -0.381 e. The van der Waals surface area contributed by atoms with Gasteiger partial charge in [-0.3, -0.25) is 4.79 Å². The Bertz CT molecular complexity index is 303. The van der Waals surface area contributed by atoms with Crippen molar-refractivity contribution >= 4 is 5.91 Å². The molecule has 0 aromatic rings. The first kappa shape index (κ1) is 13.4. The summed E-state index contributed by atoms with van der Waals surface area (Å²) in [6, 6.07) is 0. The maximum absolute atomic E-state index is 12.2. The van der Waals surface area contributed by atoms with Gasteiger partial charge in [0.15, 0.2) is 0 Å². The number of rotatable bonds is 5. The number of nitrogens with one attached hydrogen (secondary N) is 1. The van der Waals surface area contributed by atoms with E-state index in [1.807, 2.05) is 0 Å². The lowest BCUT2D eigenvalue weighted by atomic mass is 9.92. The molecular weight excluding hydrogens is 240 g/mol. The van der Waals surface area contributed by atoms with Crippen molar-refractivity contribution in [1.29, 1.82) is 0 Å². The first-order chi connectivity index (χ1) is 9.33. The van der Waals surface area contributed by atoms with Crippen LogP contribution in [0.1, 0.15) is 32.1 Å². The summed E-state index contributed by atoms with van der Waals surface area (Å²) in [5, 5.41) is 3.47. The number of hydrogen-bond acceptors (Lipinski definition) is 3. The molecule has 0 unspecified atom stereocenters. The van der Waals surface area contributed by atoms with Crippen molar-refractivity contribution in [2.75, 3.05) is 39.4 Å². The molecule has 1 amide bonds. The Balaban J connectivity index is 1.36. The summed E-state index contributed by atoms with van der Waals surface area (Å²) in [5.74, 6) is 2.68. The average Bonchev–Trinajstić information content (AvgIpc) is 3.18. The van der Waals surface area contributed by atoms with Crippen LogP contribution in [0.15, 0.2) is 0 Å². The van der Waals surface area contributed by atoms with Crippen LogP contribution in [0.25, 0.3) is 0 Å². The highest BCUT2D eigenvalue weighted by molar-refractivity contribution is 5.76. The number of likely N-dealkylation sites (tertiary alicyclic amines) is 1. The number of carbonyl (C=O) groups excluding carboxylic acids is 1. The van der Waals surface area contributed by atoms with Gasteiger partial charge in [-0.15, -0.1) is 0 Å². The molecule has 1 saturated carbocycles. The lowest BCUT2D eigenvalue weighted by Gasteiger charge is -2.21. The molecule has 3 fully saturated rings. The number of fused-ring (bicyclic) bond motifs is 1. The van der Waals surface area contributed by atoms with E-state index in [0.29, 0.717) is 18.9 Å². The molecule has 1 aliphatic carbocycles. The molecule has 2 saturated heterocycles. The maximum Gasteiger partial charge on any atom is 0.224 e. The van der Waals surface area contributed by atoms with E-state index in [2.05, 4.69) is 10.2 Å². The van der Waals surface area contributed by atoms with Gasteiger partial charge in [0.1, 0.15) is 0 Å². The van der Waals surface area contributed by atoms with Crippen molar-refractivity contribution in [3.63, 3.8) is 0 Å². The van der Waals surface area contributed by atoms with Gasteiger partial charge in [-0.25, -0.2) is 0 Å². The molecule has 4 nitrogen and oxygen atoms in total. The quantitative estimate of drug-likeness (QED) is 0.762. The molecule has 2 atom stereocenters. The van der Waals surface area contributed by atoms with Gasteiger partial charge < -0.3 is 15.0 Å². The monoisotopic (exact) mass is 266 g/mol. The Labute approximate surface area is 115 Å². The van der Waals surface area contributed by atoms with Gasteiger partial charge in [0.05, 0.1) is 13.0 Å². The van der Waals surface area contributed by atoms with Crippen molar-refractivity contribution in [1.82, 2.24) is 10.2 Å². The molecule has 2 aliphatic heterocycles. The summed E-state index contributed by atoms with van der Waals surface area (Å²) in [6.07, 6.45) is 5.55. The van der Waals surface area contributed by atoms with Crippen LogP contribution in [0.2, 0.25) is 0 Å². The Morgan fingerprint density at radius 2 is 1.79 bits per heavy atom. The fraction of sp³-hybridized carbons (Fsp3) is 0.933. The second-order valence-corrected chi connectivity index (χ2v) is 6.40. The third-order valence-electron chi connectivity index (χ3n) is 4.88. The second kappa shape index (κ2) is 6.23. The third-order valence-corrected chi connectivity index (χ3v) is 4.88. The highest BCUT2D eigenvalue weighted by Gasteiger charge is 2.31. The van der Waals surface area contributed by atoms with E-state index >= 15 is 0 Å². The predicted octanol–water partition coefficient (Wildman–Crippen LogP) is 1.26. The molecule has 1 N–H and O–H groups in total. The van der Waals surface area contributed by atoms with Crippen molar-refractivity contribution in [2.45, 2.75) is 32.1 Å². The number of ether oxygens (including phenoxy) is 1. The van der Waals surface area contributed by atoms with Gasteiger partial charge in [-0.05, 0) is 56.5 Å². The van der Waals surface area contributed by atoms with Crippen molar-refractivity contribution in [2.24, 2.45) is 17.8 Å². The molecule has 0 spiro atoms. The molecule has 3 aliphatic rings. The second-order valence-electron chi connectivity index (χ2n) is 6.40. The summed E-state index contributed by atoms with van der Waals surface area (Å²) in [7, 11) is 0. The van der Waals surface area contributed by atoms with Crippen LogP contribution in [0, 0.1) is 17.8 Å². The number of amides is 1. The standard InChI is InChI=1S/C15H26N2O2/c18-15(5-8-19-11-12-1-2-12)17-6-3-13-9-16-10-14(13)4-7-17/h12-14,16H,1-11H2/t13-,14+. The molecule has 108 valence electrons. The van der Waals surface area contributed by atoms with Crippen LogP contribution in [0.3, 0.4) is 0 Å². The Kier molecular flexibility index (Phi) is 4.38. The molecule has 0 aromatic carbocycles. The van der Waals surface area contributed by atoms with E-state index in [9.17, 15) is 4.79 Å². The topological polar surface area (TPSA) is 41.6 Å². The highest BCUT2D eigenvalue weighted by Crippen LogP contribution is 2.29. The van der Waals surface area contributed by atoms with E-state index in [1.54, 1.807) is 0 Å². The van der Waals surface area contributed by atoms with E-state index in [4.69, 9.17) is 4.74 Å². The predicted molar refractivity (Wildman–Crippen MR) is 73.8 cm³/mol. The van der Waals surface area contributed by atoms with Gasteiger partial charge in [-0.1, -0.05) is 0 Å². The SMILES string of the molecule is O=C(CCOCC1CC1)N1CC[C@@H]2CNC[C@@H]2CC1. The van der Waals surface area contributed by atoms with Crippen LogP contribution in [-0.2, 0) is 9.53 Å². The third kappa shape index (κ3) is 3.69. The molecule has 0 radical (unpaired) electrons. The lowest BCUT2D eigenvalue weighted by Crippen LogP contribution is -2.33. The number of carbonyl (C=O) groups is 1. The van der Waals surface area contributed by atoms with Crippen molar-refractivity contribution in [3.8, 4) is 0 Å². The van der Waals surface area contributed by atoms with Crippen LogP contribution in [-0.4, -0.2) is 50.2 Å². The van der Waals surface area contributed by atoms with Gasteiger partial charge >= 0.3 is 0 Å². The zero-order valence-corrected chi connectivity index (χ0v) is 11.8. The zero-order valence-electron chi connectivity index (χ0n) is 11.8. The number of nitrogens with zero attached hydrogens (tertiary/aromatic N) is 1. The minimum absolute atomic E-state index is 0.295. The Morgan fingerprint density at radius 1 is 1.11 bits per heavy atom. The van der Waals surface area contributed by atoms with Gasteiger partial charge in [0.2, 0.25) is 5.91 Å². The molecular formula is C15H26N2O2. The van der Waals surface area contributed by atoms with Crippen LogP contribution in [0.5, 0.6) is 0 Å². The molecule has 3 rings (SSSR count). The van der Waals surface area contributed by atoms with E-state index in [0.717, 1.165) is 50.5 Å². The average molecular weight is 266 g/mol. The largest absolute Gasteiger partial charge is 0.381 e. The molecule has 0 bridgehead atoms.